The van der Waals surface area contributed by atoms with Crippen molar-refractivity contribution in [3.8, 4) is 22.5 Å². The molecule has 2 aliphatic rings. The summed E-state index contributed by atoms with van der Waals surface area (Å²) in [5.74, 6) is 0.596. The fraction of sp³-hybridized carbons (Fsp3) is 0.364. The predicted octanol–water partition coefficient (Wildman–Crippen LogP) is 2.84. The molecule has 1 saturated carbocycles. The lowest BCUT2D eigenvalue weighted by molar-refractivity contribution is 0.247. The Morgan fingerprint density at radius 3 is 2.65 bits per heavy atom. The summed E-state index contributed by atoms with van der Waals surface area (Å²) in [5, 5.41) is 12.4. The molecule has 31 heavy (non-hydrogen) atoms. The van der Waals surface area contributed by atoms with Crippen molar-refractivity contribution >= 4 is 16.7 Å². The summed E-state index contributed by atoms with van der Waals surface area (Å²) >= 11 is 0. The number of nitrogens with one attached hydrogen (secondary N) is 1. The molecule has 1 aliphatic heterocycles. The number of halogens is 1. The van der Waals surface area contributed by atoms with Crippen molar-refractivity contribution in [2.24, 2.45) is 7.05 Å². The zero-order chi connectivity index (χ0) is 20.9. The van der Waals surface area contributed by atoms with Gasteiger partial charge < -0.3 is 4.90 Å². The Hall–Kier alpha value is -3.33. The maximum Gasteiger partial charge on any atom is 0.133 e. The highest BCUT2D eigenvalue weighted by atomic mass is 19.1. The molecular formula is C22H23FN8. The predicted molar refractivity (Wildman–Crippen MR) is 116 cm³/mol. The highest BCUT2D eigenvalue weighted by Gasteiger charge is 2.31. The van der Waals surface area contributed by atoms with Crippen LogP contribution in [-0.4, -0.2) is 67.1 Å². The van der Waals surface area contributed by atoms with E-state index in [1.165, 1.54) is 18.9 Å². The monoisotopic (exact) mass is 418 g/mol. The van der Waals surface area contributed by atoms with Crippen molar-refractivity contribution in [1.29, 1.82) is 0 Å². The van der Waals surface area contributed by atoms with Crippen LogP contribution in [0.3, 0.4) is 0 Å². The summed E-state index contributed by atoms with van der Waals surface area (Å²) < 4.78 is 16.4. The first-order valence-electron chi connectivity index (χ1n) is 10.6. The molecule has 0 bridgehead atoms. The van der Waals surface area contributed by atoms with Gasteiger partial charge in [-0.25, -0.2) is 14.4 Å². The smallest absolute Gasteiger partial charge is 0.133 e. The van der Waals surface area contributed by atoms with E-state index < -0.39 is 0 Å². The molecule has 1 saturated heterocycles. The molecule has 4 aromatic rings. The van der Waals surface area contributed by atoms with Crippen molar-refractivity contribution in [3.63, 3.8) is 0 Å². The zero-order valence-electron chi connectivity index (χ0n) is 17.3. The molecular weight excluding hydrogens is 395 g/mol. The molecule has 1 aliphatic carbocycles. The lowest BCUT2D eigenvalue weighted by atomic mass is 10.0. The lowest BCUT2D eigenvalue weighted by Gasteiger charge is -2.35. The Kier molecular flexibility index (Phi) is 4.24. The van der Waals surface area contributed by atoms with Gasteiger partial charge in [-0.1, -0.05) is 0 Å². The van der Waals surface area contributed by atoms with E-state index in [2.05, 4.69) is 35.1 Å². The topological polar surface area (TPSA) is 78.8 Å². The van der Waals surface area contributed by atoms with Crippen LogP contribution in [-0.2, 0) is 7.05 Å². The van der Waals surface area contributed by atoms with Gasteiger partial charge in [0.05, 0.1) is 17.4 Å². The second kappa shape index (κ2) is 7.12. The lowest BCUT2D eigenvalue weighted by Crippen LogP contribution is -2.47. The molecule has 158 valence electrons. The molecule has 0 radical (unpaired) electrons. The third kappa shape index (κ3) is 3.34. The summed E-state index contributed by atoms with van der Waals surface area (Å²) in [4.78, 5) is 13.9. The minimum atomic E-state index is -0.312. The van der Waals surface area contributed by atoms with Gasteiger partial charge in [0.15, 0.2) is 0 Å². The van der Waals surface area contributed by atoms with Gasteiger partial charge in [-0.05, 0) is 18.9 Å². The van der Waals surface area contributed by atoms with Crippen molar-refractivity contribution in [2.45, 2.75) is 18.9 Å². The highest BCUT2D eigenvalue weighted by Crippen LogP contribution is 2.33. The van der Waals surface area contributed by atoms with Crippen LogP contribution in [0.4, 0.5) is 10.2 Å². The molecule has 6 rings (SSSR count). The normalized spacial score (nSPS) is 17.5. The van der Waals surface area contributed by atoms with Gasteiger partial charge in [0, 0.05) is 74.1 Å². The van der Waals surface area contributed by atoms with Gasteiger partial charge >= 0.3 is 0 Å². The van der Waals surface area contributed by atoms with Crippen LogP contribution in [0.1, 0.15) is 12.8 Å². The first-order valence-corrected chi connectivity index (χ1v) is 10.6. The van der Waals surface area contributed by atoms with Gasteiger partial charge in [-0.2, -0.15) is 10.2 Å². The number of aryl methyl sites for hydroxylation is 1. The average molecular weight is 418 g/mol. The Morgan fingerprint density at radius 1 is 1.06 bits per heavy atom. The summed E-state index contributed by atoms with van der Waals surface area (Å²) in [5.41, 5.74) is 3.28. The minimum absolute atomic E-state index is 0.312. The number of H-pyrrole nitrogens is 1. The van der Waals surface area contributed by atoms with Crippen LogP contribution < -0.4 is 4.90 Å². The van der Waals surface area contributed by atoms with Crippen LogP contribution >= 0.6 is 0 Å². The molecule has 8 nitrogen and oxygen atoms in total. The second-order valence-corrected chi connectivity index (χ2v) is 8.37. The van der Waals surface area contributed by atoms with Crippen molar-refractivity contribution in [3.05, 3.63) is 42.7 Å². The van der Waals surface area contributed by atoms with Gasteiger partial charge in [-0.15, -0.1) is 0 Å². The SMILES string of the molecule is Cn1cc(-c2cc3c(-c4cc(N5CCN(C6CC6)CC5)ncn4)n[nH]c3cc2F)cn1. The van der Waals surface area contributed by atoms with E-state index in [1.54, 1.807) is 23.4 Å². The number of aromatic nitrogens is 6. The number of benzene rings is 1. The number of aromatic amines is 1. The summed E-state index contributed by atoms with van der Waals surface area (Å²) in [6.45, 7) is 4.07. The van der Waals surface area contributed by atoms with Crippen LogP contribution in [0.25, 0.3) is 33.4 Å². The van der Waals surface area contributed by atoms with E-state index in [4.69, 9.17) is 0 Å². The molecule has 9 heteroatoms. The summed E-state index contributed by atoms with van der Waals surface area (Å²) in [6, 6.07) is 6.08. The first kappa shape index (κ1) is 18.4. The number of hydrogen-bond acceptors (Lipinski definition) is 6. The standard InChI is InChI=1S/C22H23FN8/c1-29-12-14(11-26-29)16-8-17-19(9-18(16)23)27-28-22(17)20-10-21(25-13-24-20)31-6-4-30(5-7-31)15-2-3-15/h8-13,15H,2-7H2,1H3,(H,27,28). The molecule has 2 fully saturated rings. The van der Waals surface area contributed by atoms with E-state index in [-0.39, 0.29) is 5.82 Å². The average Bonchev–Trinajstić information content (AvgIpc) is 3.43. The van der Waals surface area contributed by atoms with Gasteiger partial charge in [-0.3, -0.25) is 14.7 Å². The molecule has 0 unspecified atom stereocenters. The maximum atomic E-state index is 14.7. The largest absolute Gasteiger partial charge is 0.354 e. The van der Waals surface area contributed by atoms with Crippen molar-refractivity contribution in [1.82, 2.24) is 34.8 Å². The molecule has 0 amide bonds. The quantitative estimate of drug-likeness (QED) is 0.549. The number of nitrogens with zero attached hydrogens (tertiary/aromatic N) is 7. The summed E-state index contributed by atoms with van der Waals surface area (Å²) in [7, 11) is 1.82. The third-order valence-corrected chi connectivity index (χ3v) is 6.26. The molecule has 1 aromatic carbocycles. The number of rotatable bonds is 4. The highest BCUT2D eigenvalue weighted by molar-refractivity contribution is 5.95. The molecule has 3 aromatic heterocycles. The molecule has 0 atom stereocenters. The van der Waals surface area contributed by atoms with Crippen LogP contribution in [0, 0.1) is 5.82 Å². The van der Waals surface area contributed by atoms with E-state index >= 15 is 0 Å². The Labute approximate surface area is 178 Å². The zero-order valence-corrected chi connectivity index (χ0v) is 17.3. The minimum Gasteiger partial charge on any atom is -0.354 e. The number of fused-ring (bicyclic) bond motifs is 1. The Morgan fingerprint density at radius 2 is 1.90 bits per heavy atom. The molecule has 0 spiro atoms. The molecule has 1 N–H and O–H groups in total. The Bertz CT molecular complexity index is 1250. The van der Waals surface area contributed by atoms with E-state index in [0.717, 1.165) is 54.7 Å². The molecule has 4 heterocycles. The number of hydrogen-bond donors (Lipinski definition) is 1. The van der Waals surface area contributed by atoms with E-state index in [1.807, 2.05) is 19.2 Å². The van der Waals surface area contributed by atoms with Crippen molar-refractivity contribution < 1.29 is 4.39 Å². The third-order valence-electron chi connectivity index (χ3n) is 6.26. The summed E-state index contributed by atoms with van der Waals surface area (Å²) in [6.07, 6.45) is 7.73. The van der Waals surface area contributed by atoms with Crippen molar-refractivity contribution in [2.75, 3.05) is 31.1 Å². The van der Waals surface area contributed by atoms with E-state index in [9.17, 15) is 4.39 Å². The fourth-order valence-corrected chi connectivity index (χ4v) is 4.42. The Balaban J connectivity index is 1.34. The van der Waals surface area contributed by atoms with E-state index in [0.29, 0.717) is 16.8 Å². The number of anilines is 1. The van der Waals surface area contributed by atoms with Gasteiger partial charge in [0.1, 0.15) is 23.7 Å². The van der Waals surface area contributed by atoms with Crippen LogP contribution in [0.5, 0.6) is 0 Å². The van der Waals surface area contributed by atoms with Crippen LogP contribution in [0.15, 0.2) is 36.9 Å². The van der Waals surface area contributed by atoms with Gasteiger partial charge in [0.25, 0.3) is 0 Å². The fourth-order valence-electron chi connectivity index (χ4n) is 4.42. The number of piperazine rings is 1. The van der Waals surface area contributed by atoms with Gasteiger partial charge in [0.2, 0.25) is 0 Å². The van der Waals surface area contributed by atoms with Crippen LogP contribution in [0.2, 0.25) is 0 Å². The maximum absolute atomic E-state index is 14.7. The first-order chi connectivity index (χ1) is 15.2. The second-order valence-electron chi connectivity index (χ2n) is 8.37.